The lowest BCUT2D eigenvalue weighted by Gasteiger charge is -2.17. The number of hydrogen-bond acceptors (Lipinski definition) is 4. The molecule has 2 heterocycles. The molecular weight excluding hydrogens is 374 g/mol. The van der Waals surface area contributed by atoms with Gasteiger partial charge in [-0.1, -0.05) is 11.6 Å². The molecule has 2 fully saturated rings. The Morgan fingerprint density at radius 3 is 2.42 bits per heavy atom. The second-order valence-corrected chi connectivity index (χ2v) is 9.26. The van der Waals surface area contributed by atoms with E-state index in [1.54, 1.807) is 0 Å². The molecule has 6 nitrogen and oxygen atoms in total. The van der Waals surface area contributed by atoms with Crippen molar-refractivity contribution >= 4 is 27.5 Å². The molecule has 0 aromatic heterocycles. The van der Waals surface area contributed by atoms with E-state index in [1.807, 2.05) is 0 Å². The van der Waals surface area contributed by atoms with E-state index in [0.29, 0.717) is 19.6 Å². The minimum atomic E-state index is -3.56. The Balaban J connectivity index is 1.62. The fourth-order valence-corrected chi connectivity index (χ4v) is 5.27. The van der Waals surface area contributed by atoms with Gasteiger partial charge in [-0.3, -0.25) is 4.79 Å². The van der Waals surface area contributed by atoms with E-state index >= 15 is 0 Å². The second-order valence-electron chi connectivity index (χ2n) is 6.91. The lowest BCUT2D eigenvalue weighted by molar-refractivity contribution is 0.0952. The Morgan fingerprint density at radius 2 is 1.73 bits per heavy atom. The largest absolute Gasteiger partial charge is 0.352 e. The summed E-state index contributed by atoms with van der Waals surface area (Å²) in [5.74, 6) is -0.324. The van der Waals surface area contributed by atoms with E-state index in [0.717, 1.165) is 38.9 Å². The number of nitrogens with zero attached hydrogens (tertiary/aromatic N) is 2. The fourth-order valence-electron chi connectivity index (χ4n) is 3.52. The molecule has 0 atom stereocenters. The molecule has 2 aliphatic rings. The molecule has 0 unspecified atom stereocenters. The average Bonchev–Trinajstić information content (AvgIpc) is 3.32. The van der Waals surface area contributed by atoms with Gasteiger partial charge in [-0.05, 0) is 69.9 Å². The molecule has 1 aromatic carbocycles. The summed E-state index contributed by atoms with van der Waals surface area (Å²) in [4.78, 5) is 15.0. The Kier molecular flexibility index (Phi) is 6.55. The van der Waals surface area contributed by atoms with E-state index in [9.17, 15) is 13.2 Å². The molecule has 0 saturated carbocycles. The zero-order chi connectivity index (χ0) is 18.6. The number of halogens is 1. The lowest BCUT2D eigenvalue weighted by atomic mass is 10.2. The van der Waals surface area contributed by atoms with Crippen molar-refractivity contribution in [3.05, 3.63) is 28.8 Å². The van der Waals surface area contributed by atoms with E-state index in [4.69, 9.17) is 11.6 Å². The average molecular weight is 400 g/mol. The Morgan fingerprint density at radius 1 is 1.08 bits per heavy atom. The highest BCUT2D eigenvalue weighted by atomic mass is 35.5. The van der Waals surface area contributed by atoms with Gasteiger partial charge in [0.05, 0.1) is 15.5 Å². The third-order valence-electron chi connectivity index (χ3n) is 5.02. The number of sulfonamides is 1. The molecule has 26 heavy (non-hydrogen) atoms. The summed E-state index contributed by atoms with van der Waals surface area (Å²) in [6, 6.07) is 4.36. The molecule has 144 valence electrons. The maximum absolute atomic E-state index is 12.7. The predicted molar refractivity (Wildman–Crippen MR) is 102 cm³/mol. The van der Waals surface area contributed by atoms with Crippen molar-refractivity contribution in [2.24, 2.45) is 0 Å². The number of hydrogen-bond donors (Lipinski definition) is 1. The number of carbonyl (C=O) groups excluding carboxylic acids is 1. The van der Waals surface area contributed by atoms with Gasteiger partial charge in [-0.25, -0.2) is 8.42 Å². The van der Waals surface area contributed by atoms with Crippen LogP contribution in [0.1, 0.15) is 42.5 Å². The van der Waals surface area contributed by atoms with Crippen molar-refractivity contribution in [1.29, 1.82) is 0 Å². The van der Waals surface area contributed by atoms with Gasteiger partial charge in [0.2, 0.25) is 10.0 Å². The van der Waals surface area contributed by atoms with Crippen molar-refractivity contribution in [3.63, 3.8) is 0 Å². The van der Waals surface area contributed by atoms with Crippen LogP contribution in [0.25, 0.3) is 0 Å². The SMILES string of the molecule is O=C(NCCCN1CCCC1)c1cc(S(=O)(=O)N2CCCC2)ccc1Cl. The first-order valence-corrected chi connectivity index (χ1v) is 11.1. The van der Waals surface area contributed by atoms with E-state index < -0.39 is 10.0 Å². The first kappa shape index (κ1) is 19.6. The highest BCUT2D eigenvalue weighted by Gasteiger charge is 2.28. The zero-order valence-corrected chi connectivity index (χ0v) is 16.5. The quantitative estimate of drug-likeness (QED) is 0.714. The highest BCUT2D eigenvalue weighted by Crippen LogP contribution is 2.25. The van der Waals surface area contributed by atoms with E-state index in [-0.39, 0.29) is 21.4 Å². The molecule has 3 rings (SSSR count). The lowest BCUT2D eigenvalue weighted by Crippen LogP contribution is -2.30. The van der Waals surface area contributed by atoms with Crippen molar-refractivity contribution in [3.8, 4) is 0 Å². The molecule has 0 aliphatic carbocycles. The molecule has 1 aromatic rings. The van der Waals surface area contributed by atoms with E-state index in [2.05, 4.69) is 10.2 Å². The van der Waals surface area contributed by atoms with Crippen LogP contribution in [-0.4, -0.2) is 62.8 Å². The predicted octanol–water partition coefficient (Wildman–Crippen LogP) is 2.34. The minimum absolute atomic E-state index is 0.131. The normalized spacial score (nSPS) is 19.1. The van der Waals surface area contributed by atoms with Crippen LogP contribution >= 0.6 is 11.6 Å². The standard InChI is InChI=1S/C18H26ClN3O3S/c19-17-7-6-15(26(24,25)22-12-3-4-13-22)14-16(17)18(23)20-8-5-11-21-9-1-2-10-21/h6-7,14H,1-5,8-13H2,(H,20,23). The summed E-state index contributed by atoms with van der Waals surface area (Å²) >= 11 is 6.14. The third kappa shape index (κ3) is 4.57. The minimum Gasteiger partial charge on any atom is -0.352 e. The Labute approximate surface area is 160 Å². The van der Waals surface area contributed by atoms with Crippen LogP contribution in [-0.2, 0) is 10.0 Å². The molecule has 0 spiro atoms. The summed E-state index contributed by atoms with van der Waals surface area (Å²) in [7, 11) is -3.56. The van der Waals surface area contributed by atoms with Crippen molar-refractivity contribution in [2.75, 3.05) is 39.3 Å². The molecule has 0 radical (unpaired) electrons. The van der Waals surface area contributed by atoms with Crippen LogP contribution in [0.2, 0.25) is 5.02 Å². The molecule has 1 N–H and O–H groups in total. The van der Waals surface area contributed by atoms with Gasteiger partial charge in [-0.15, -0.1) is 0 Å². The van der Waals surface area contributed by atoms with Gasteiger partial charge < -0.3 is 10.2 Å². The summed E-state index contributed by atoms with van der Waals surface area (Å²) in [6.45, 7) is 4.85. The molecular formula is C18H26ClN3O3S. The van der Waals surface area contributed by atoms with Crippen molar-refractivity contribution < 1.29 is 13.2 Å². The van der Waals surface area contributed by atoms with Crippen LogP contribution in [0.3, 0.4) is 0 Å². The fraction of sp³-hybridized carbons (Fsp3) is 0.611. The summed E-state index contributed by atoms with van der Waals surface area (Å²) in [5, 5.41) is 3.12. The highest BCUT2D eigenvalue weighted by molar-refractivity contribution is 7.89. The van der Waals surface area contributed by atoms with Crippen LogP contribution in [0.4, 0.5) is 0 Å². The summed E-state index contributed by atoms with van der Waals surface area (Å²) < 4.78 is 26.8. The first-order chi connectivity index (χ1) is 12.5. The van der Waals surface area contributed by atoms with Crippen LogP contribution in [0.5, 0.6) is 0 Å². The van der Waals surface area contributed by atoms with Crippen molar-refractivity contribution in [2.45, 2.75) is 37.0 Å². The van der Waals surface area contributed by atoms with Gasteiger partial charge in [0.15, 0.2) is 0 Å². The summed E-state index contributed by atoms with van der Waals surface area (Å²) in [6.07, 6.45) is 5.12. The molecule has 2 saturated heterocycles. The third-order valence-corrected chi connectivity index (χ3v) is 7.24. The monoisotopic (exact) mass is 399 g/mol. The van der Waals surface area contributed by atoms with Gasteiger partial charge in [0, 0.05) is 19.6 Å². The molecule has 0 bridgehead atoms. The Hall–Kier alpha value is -1.15. The topological polar surface area (TPSA) is 69.7 Å². The number of likely N-dealkylation sites (tertiary alicyclic amines) is 1. The smallest absolute Gasteiger partial charge is 0.252 e. The number of nitrogens with one attached hydrogen (secondary N) is 1. The zero-order valence-electron chi connectivity index (χ0n) is 14.9. The number of rotatable bonds is 7. The summed E-state index contributed by atoms with van der Waals surface area (Å²) in [5.41, 5.74) is 0.216. The Bertz CT molecular complexity index is 742. The molecule has 8 heteroatoms. The second kappa shape index (κ2) is 8.69. The number of carbonyl (C=O) groups is 1. The van der Waals surface area contributed by atoms with Gasteiger partial charge >= 0.3 is 0 Å². The molecule has 2 aliphatic heterocycles. The first-order valence-electron chi connectivity index (χ1n) is 9.29. The number of amides is 1. The van der Waals surface area contributed by atoms with Gasteiger partial charge in [-0.2, -0.15) is 4.31 Å². The van der Waals surface area contributed by atoms with Crippen molar-refractivity contribution in [1.82, 2.24) is 14.5 Å². The maximum Gasteiger partial charge on any atom is 0.252 e. The molecule has 1 amide bonds. The van der Waals surface area contributed by atoms with Crippen LogP contribution in [0.15, 0.2) is 23.1 Å². The van der Waals surface area contributed by atoms with Crippen LogP contribution < -0.4 is 5.32 Å². The number of benzene rings is 1. The van der Waals surface area contributed by atoms with Gasteiger partial charge in [0.25, 0.3) is 5.91 Å². The van der Waals surface area contributed by atoms with Gasteiger partial charge in [0.1, 0.15) is 0 Å². The van der Waals surface area contributed by atoms with Crippen LogP contribution in [0, 0.1) is 0 Å². The maximum atomic E-state index is 12.7. The van der Waals surface area contributed by atoms with E-state index in [1.165, 1.54) is 35.3 Å².